The zero-order valence-electron chi connectivity index (χ0n) is 11.8. The molecule has 0 aliphatic rings. The molecule has 1 aromatic heterocycles. The van der Waals surface area contributed by atoms with E-state index in [2.05, 4.69) is 25.6 Å². The van der Waals surface area contributed by atoms with Gasteiger partial charge >= 0.3 is 0 Å². The molecule has 0 spiro atoms. The molecule has 4 nitrogen and oxygen atoms in total. The molecule has 0 fully saturated rings. The molecule has 0 saturated carbocycles. The van der Waals surface area contributed by atoms with Crippen LogP contribution < -0.4 is 4.72 Å². The molecule has 7 heteroatoms. The van der Waals surface area contributed by atoms with Crippen molar-refractivity contribution in [1.82, 2.24) is 9.71 Å². The first kappa shape index (κ1) is 16.0. The van der Waals surface area contributed by atoms with E-state index in [9.17, 15) is 12.8 Å². The first-order valence-electron chi connectivity index (χ1n) is 6.75. The van der Waals surface area contributed by atoms with Gasteiger partial charge in [0.2, 0.25) is 10.0 Å². The largest absolute Gasteiger partial charge is 0.256 e. The third-order valence-electron chi connectivity index (χ3n) is 3.39. The zero-order valence-corrected chi connectivity index (χ0v) is 14.2. The molecule has 0 radical (unpaired) electrons. The van der Waals surface area contributed by atoms with Crippen molar-refractivity contribution in [1.29, 1.82) is 0 Å². The summed E-state index contributed by atoms with van der Waals surface area (Å²) in [5.74, 6) is -0.623. The smallest absolute Gasteiger partial charge is 0.240 e. The number of hydrogen-bond acceptors (Lipinski definition) is 3. The highest BCUT2D eigenvalue weighted by Gasteiger charge is 2.16. The maximum Gasteiger partial charge on any atom is 0.240 e. The molecule has 3 rings (SSSR count). The number of hydrogen-bond donors (Lipinski definition) is 1. The Balaban J connectivity index is 1.87. The first-order valence-corrected chi connectivity index (χ1v) is 9.02. The summed E-state index contributed by atoms with van der Waals surface area (Å²) in [6, 6.07) is 12.9. The fourth-order valence-corrected chi connectivity index (χ4v) is 3.47. The summed E-state index contributed by atoms with van der Waals surface area (Å²) in [6.45, 7) is 0.100. The quantitative estimate of drug-likeness (QED) is 0.734. The second kappa shape index (κ2) is 6.35. The summed E-state index contributed by atoms with van der Waals surface area (Å²) in [7, 11) is -3.80. The van der Waals surface area contributed by atoms with E-state index in [1.165, 1.54) is 12.1 Å². The van der Waals surface area contributed by atoms with Crippen molar-refractivity contribution in [2.24, 2.45) is 0 Å². The van der Waals surface area contributed by atoms with E-state index in [4.69, 9.17) is 0 Å². The Morgan fingerprint density at radius 2 is 1.91 bits per heavy atom. The minimum Gasteiger partial charge on any atom is -0.256 e. The molecule has 2 aromatic carbocycles. The molecule has 0 aliphatic carbocycles. The van der Waals surface area contributed by atoms with E-state index in [-0.39, 0.29) is 15.9 Å². The van der Waals surface area contributed by atoms with Gasteiger partial charge in [-0.25, -0.2) is 17.5 Å². The van der Waals surface area contributed by atoms with E-state index in [0.717, 1.165) is 22.5 Å². The van der Waals surface area contributed by atoms with Crippen molar-refractivity contribution in [3.63, 3.8) is 0 Å². The van der Waals surface area contributed by atoms with Crippen molar-refractivity contribution in [2.75, 3.05) is 0 Å². The Hall–Kier alpha value is -1.83. The summed E-state index contributed by atoms with van der Waals surface area (Å²) < 4.78 is 40.8. The molecule has 1 heterocycles. The maximum atomic E-state index is 13.5. The minimum atomic E-state index is -3.80. The Morgan fingerprint density at radius 3 is 2.70 bits per heavy atom. The number of nitrogens with one attached hydrogen (secondary N) is 1. The minimum absolute atomic E-state index is 0.100. The normalized spacial score (nSPS) is 11.7. The van der Waals surface area contributed by atoms with Crippen LogP contribution in [0.1, 0.15) is 5.56 Å². The van der Waals surface area contributed by atoms with E-state index in [1.807, 2.05) is 24.3 Å². The molecular formula is C16H12BrFN2O2S. The molecule has 1 N–H and O–H groups in total. The average Bonchev–Trinajstić information content (AvgIpc) is 2.55. The maximum absolute atomic E-state index is 13.5. The van der Waals surface area contributed by atoms with E-state index >= 15 is 0 Å². The van der Waals surface area contributed by atoms with E-state index < -0.39 is 15.8 Å². The van der Waals surface area contributed by atoms with Gasteiger partial charge in [-0.15, -0.1) is 0 Å². The highest BCUT2D eigenvalue weighted by molar-refractivity contribution is 9.10. The molecule has 0 unspecified atom stereocenters. The van der Waals surface area contributed by atoms with Gasteiger partial charge in [0.05, 0.1) is 14.9 Å². The van der Waals surface area contributed by atoms with Gasteiger partial charge in [-0.2, -0.15) is 0 Å². The number of halogens is 2. The number of rotatable bonds is 4. The Bertz CT molecular complexity index is 971. The third kappa shape index (κ3) is 3.41. The molecule has 0 saturated heterocycles. The van der Waals surface area contributed by atoms with E-state index in [1.54, 1.807) is 12.3 Å². The van der Waals surface area contributed by atoms with Gasteiger partial charge in [-0.05, 0) is 51.8 Å². The highest BCUT2D eigenvalue weighted by Crippen LogP contribution is 2.20. The molecular weight excluding hydrogens is 383 g/mol. The SMILES string of the molecule is O=S(=O)(NCc1ccnc2ccccc12)c1ccc(Br)c(F)c1. The number of benzene rings is 2. The van der Waals surface area contributed by atoms with Crippen LogP contribution in [-0.4, -0.2) is 13.4 Å². The topological polar surface area (TPSA) is 59.1 Å². The number of pyridine rings is 1. The lowest BCUT2D eigenvalue weighted by molar-refractivity contribution is 0.577. The van der Waals surface area contributed by atoms with Gasteiger partial charge in [0.25, 0.3) is 0 Å². The summed E-state index contributed by atoms with van der Waals surface area (Å²) in [5, 5.41) is 0.875. The lowest BCUT2D eigenvalue weighted by Gasteiger charge is -2.09. The molecule has 0 aliphatic heterocycles. The van der Waals surface area contributed by atoms with Crippen LogP contribution in [0.15, 0.2) is 64.1 Å². The monoisotopic (exact) mass is 394 g/mol. The van der Waals surface area contributed by atoms with Crippen molar-refractivity contribution in [3.05, 3.63) is 70.6 Å². The fourth-order valence-electron chi connectivity index (χ4n) is 2.21. The van der Waals surface area contributed by atoms with Crippen LogP contribution in [-0.2, 0) is 16.6 Å². The Morgan fingerprint density at radius 1 is 1.13 bits per heavy atom. The lowest BCUT2D eigenvalue weighted by atomic mass is 10.1. The molecule has 0 amide bonds. The van der Waals surface area contributed by atoms with Gasteiger partial charge in [0, 0.05) is 18.1 Å². The number of sulfonamides is 1. The second-order valence-corrected chi connectivity index (χ2v) is 7.51. The van der Waals surface area contributed by atoms with Crippen LogP contribution in [0.2, 0.25) is 0 Å². The van der Waals surface area contributed by atoms with Gasteiger partial charge < -0.3 is 0 Å². The molecule has 3 aromatic rings. The van der Waals surface area contributed by atoms with Crippen molar-refractivity contribution in [2.45, 2.75) is 11.4 Å². The molecule has 23 heavy (non-hydrogen) atoms. The predicted molar refractivity (Wildman–Crippen MR) is 89.9 cm³/mol. The Labute approximate surface area is 141 Å². The summed E-state index contributed by atoms with van der Waals surface area (Å²) in [6.07, 6.45) is 1.63. The van der Waals surface area contributed by atoms with Gasteiger partial charge in [-0.1, -0.05) is 18.2 Å². The first-order chi connectivity index (χ1) is 11.0. The average molecular weight is 395 g/mol. The van der Waals surface area contributed by atoms with Crippen LogP contribution >= 0.6 is 15.9 Å². The van der Waals surface area contributed by atoms with Crippen LogP contribution in [0.4, 0.5) is 4.39 Å². The second-order valence-electron chi connectivity index (χ2n) is 4.89. The van der Waals surface area contributed by atoms with Crippen LogP contribution in [0, 0.1) is 5.82 Å². The van der Waals surface area contributed by atoms with Crippen LogP contribution in [0.3, 0.4) is 0 Å². The number of aromatic nitrogens is 1. The summed E-state index contributed by atoms with van der Waals surface area (Å²) in [5.41, 5.74) is 1.59. The van der Waals surface area contributed by atoms with Crippen molar-refractivity contribution >= 4 is 36.9 Å². The highest BCUT2D eigenvalue weighted by atomic mass is 79.9. The Kier molecular flexibility index (Phi) is 4.43. The van der Waals surface area contributed by atoms with Crippen molar-refractivity contribution < 1.29 is 12.8 Å². The lowest BCUT2D eigenvalue weighted by Crippen LogP contribution is -2.23. The van der Waals surface area contributed by atoms with Crippen LogP contribution in [0.5, 0.6) is 0 Å². The standard InChI is InChI=1S/C16H12BrFN2O2S/c17-14-6-5-12(9-15(14)18)23(21,22)20-10-11-7-8-19-16-4-2-1-3-13(11)16/h1-9,20H,10H2. The molecule has 118 valence electrons. The molecule has 0 atom stereocenters. The number of para-hydroxylation sites is 1. The number of nitrogens with zero attached hydrogens (tertiary/aromatic N) is 1. The zero-order chi connectivity index (χ0) is 16.4. The fraction of sp³-hybridized carbons (Fsp3) is 0.0625. The summed E-state index contributed by atoms with van der Waals surface area (Å²) >= 11 is 3.00. The van der Waals surface area contributed by atoms with Gasteiger partial charge in [0.1, 0.15) is 5.82 Å². The van der Waals surface area contributed by atoms with E-state index in [0.29, 0.717) is 0 Å². The summed E-state index contributed by atoms with van der Waals surface area (Å²) in [4.78, 5) is 4.12. The number of fused-ring (bicyclic) bond motifs is 1. The van der Waals surface area contributed by atoms with Crippen molar-refractivity contribution in [3.8, 4) is 0 Å². The predicted octanol–water partition coefficient (Wildman–Crippen LogP) is 3.61. The van der Waals surface area contributed by atoms with Gasteiger partial charge in [0.15, 0.2) is 0 Å². The van der Waals surface area contributed by atoms with Gasteiger partial charge in [-0.3, -0.25) is 4.98 Å². The third-order valence-corrected chi connectivity index (χ3v) is 5.44. The van der Waals surface area contributed by atoms with Crippen LogP contribution in [0.25, 0.3) is 10.9 Å². The molecule has 0 bridgehead atoms.